The van der Waals surface area contributed by atoms with E-state index in [9.17, 15) is 14.4 Å². The number of fused-ring (bicyclic) bond motifs is 1. The van der Waals surface area contributed by atoms with Crippen LogP contribution in [0.25, 0.3) is 10.9 Å². The highest BCUT2D eigenvalue weighted by atomic mass is 16.5. The Morgan fingerprint density at radius 2 is 1.92 bits per heavy atom. The first-order valence-corrected chi connectivity index (χ1v) is 12.0. The molecule has 36 heavy (non-hydrogen) atoms. The fraction of sp³-hybridized carbons (Fsp3) is 0.423. The summed E-state index contributed by atoms with van der Waals surface area (Å²) in [6.07, 6.45) is 4.78. The average molecular weight is 494 g/mol. The van der Waals surface area contributed by atoms with Gasteiger partial charge in [-0.2, -0.15) is 0 Å². The van der Waals surface area contributed by atoms with E-state index in [1.807, 2.05) is 19.9 Å². The van der Waals surface area contributed by atoms with Crippen molar-refractivity contribution in [3.05, 3.63) is 65.0 Å². The van der Waals surface area contributed by atoms with Crippen molar-refractivity contribution in [2.75, 3.05) is 38.3 Å². The first kappa shape index (κ1) is 25.3. The Morgan fingerprint density at radius 3 is 2.64 bits per heavy atom. The van der Waals surface area contributed by atoms with Crippen LogP contribution in [0.2, 0.25) is 0 Å². The number of aromatic nitrogens is 3. The summed E-state index contributed by atoms with van der Waals surface area (Å²) in [6, 6.07) is 8.09. The predicted molar refractivity (Wildman–Crippen MR) is 135 cm³/mol. The van der Waals surface area contributed by atoms with Gasteiger partial charge in [0.15, 0.2) is 0 Å². The molecule has 10 nitrogen and oxygen atoms in total. The molecule has 1 saturated heterocycles. The lowest BCUT2D eigenvalue weighted by molar-refractivity contribution is -0.145. The first-order chi connectivity index (χ1) is 17.4. The van der Waals surface area contributed by atoms with Crippen molar-refractivity contribution in [2.24, 2.45) is 0 Å². The highest BCUT2D eigenvalue weighted by Gasteiger charge is 2.31. The van der Waals surface area contributed by atoms with Crippen molar-refractivity contribution in [1.29, 1.82) is 0 Å². The monoisotopic (exact) mass is 493 g/mol. The second-order valence-electron chi connectivity index (χ2n) is 8.96. The summed E-state index contributed by atoms with van der Waals surface area (Å²) in [7, 11) is 1.32. The molecular formula is C26H31N5O5. The molecule has 1 unspecified atom stereocenters. The number of ether oxygens (including phenoxy) is 2. The number of carbonyl (C=O) groups is 2. The summed E-state index contributed by atoms with van der Waals surface area (Å²) in [6.45, 7) is 6.27. The zero-order valence-electron chi connectivity index (χ0n) is 20.8. The van der Waals surface area contributed by atoms with Crippen LogP contribution < -0.4 is 10.5 Å². The molecule has 10 heteroatoms. The Labute approximate surface area is 209 Å². The lowest BCUT2D eigenvalue weighted by atomic mass is 10.0. The number of hydrogen-bond donors (Lipinski definition) is 0. The minimum absolute atomic E-state index is 0.0421. The number of esters is 1. The summed E-state index contributed by atoms with van der Waals surface area (Å²) in [5.74, 6) is -0.755. The number of amides is 1. The summed E-state index contributed by atoms with van der Waals surface area (Å²) in [5, 5.41) is 0.442. The van der Waals surface area contributed by atoms with Crippen LogP contribution in [0.5, 0.6) is 0 Å². The normalized spacial score (nSPS) is 14.6. The Balaban J connectivity index is 1.67. The Morgan fingerprint density at radius 1 is 1.17 bits per heavy atom. The van der Waals surface area contributed by atoms with E-state index in [2.05, 4.69) is 14.9 Å². The zero-order valence-corrected chi connectivity index (χ0v) is 20.8. The number of benzene rings is 1. The molecule has 190 valence electrons. The summed E-state index contributed by atoms with van der Waals surface area (Å²) in [4.78, 5) is 51.6. The maximum Gasteiger partial charge on any atom is 0.307 e. The zero-order chi connectivity index (χ0) is 25.7. The molecule has 0 saturated carbocycles. The lowest BCUT2D eigenvalue weighted by Gasteiger charge is -2.36. The van der Waals surface area contributed by atoms with Gasteiger partial charge >= 0.3 is 5.97 Å². The van der Waals surface area contributed by atoms with E-state index in [-0.39, 0.29) is 30.5 Å². The van der Waals surface area contributed by atoms with Crippen LogP contribution in [0.15, 0.2) is 53.8 Å². The van der Waals surface area contributed by atoms with Crippen LogP contribution in [0.3, 0.4) is 0 Å². The predicted octanol–water partition coefficient (Wildman–Crippen LogP) is 2.17. The fourth-order valence-corrected chi connectivity index (χ4v) is 4.51. The van der Waals surface area contributed by atoms with Gasteiger partial charge in [0.1, 0.15) is 6.54 Å². The molecule has 1 aromatic carbocycles. The minimum atomic E-state index is -0.623. The van der Waals surface area contributed by atoms with E-state index in [0.29, 0.717) is 24.1 Å². The van der Waals surface area contributed by atoms with Crippen LogP contribution in [-0.2, 0) is 25.6 Å². The van der Waals surface area contributed by atoms with Crippen molar-refractivity contribution in [1.82, 2.24) is 19.4 Å². The number of hydrogen-bond acceptors (Lipinski definition) is 8. The third kappa shape index (κ3) is 5.54. The molecule has 0 bridgehead atoms. The third-order valence-corrected chi connectivity index (χ3v) is 6.31. The maximum atomic E-state index is 13.7. The summed E-state index contributed by atoms with van der Waals surface area (Å²) >= 11 is 0. The van der Waals surface area contributed by atoms with Crippen molar-refractivity contribution in [3.63, 3.8) is 0 Å². The molecule has 4 rings (SSSR count). The quantitative estimate of drug-likeness (QED) is 0.440. The van der Waals surface area contributed by atoms with Gasteiger partial charge in [0.25, 0.3) is 5.56 Å². The van der Waals surface area contributed by atoms with Gasteiger partial charge in [-0.25, -0.2) is 4.98 Å². The Kier molecular flexibility index (Phi) is 7.94. The summed E-state index contributed by atoms with van der Waals surface area (Å²) in [5.41, 5.74) is 1.90. The molecule has 0 spiro atoms. The minimum Gasteiger partial charge on any atom is -0.469 e. The van der Waals surface area contributed by atoms with Crippen molar-refractivity contribution in [2.45, 2.75) is 38.9 Å². The molecule has 3 heterocycles. The smallest absolute Gasteiger partial charge is 0.307 e. The van der Waals surface area contributed by atoms with Crippen LogP contribution in [-0.4, -0.2) is 70.8 Å². The van der Waals surface area contributed by atoms with Crippen LogP contribution in [0.4, 0.5) is 5.69 Å². The molecule has 0 radical (unpaired) electrons. The SMILES string of the molecule is COC(=O)CC(c1cncc(N2CCOCC2)c1)N(C(=O)Cn1cnc2ccccc2c1=O)C(C)C. The number of methoxy groups -OCH3 is 1. The standard InChI is InChI=1S/C26H31N5O5/c1-18(2)31(24(32)16-30-17-28-22-7-5-4-6-21(22)26(30)34)23(13-25(33)35-3)19-12-20(15-27-14-19)29-8-10-36-11-9-29/h4-7,12,14-15,17-18,23H,8-11,13,16H2,1-3H3. The number of rotatable bonds is 8. The maximum absolute atomic E-state index is 13.7. The third-order valence-electron chi connectivity index (χ3n) is 6.31. The molecule has 0 aliphatic carbocycles. The van der Waals surface area contributed by atoms with Gasteiger partial charge < -0.3 is 19.3 Å². The molecule has 1 amide bonds. The van der Waals surface area contributed by atoms with E-state index < -0.39 is 12.0 Å². The molecule has 1 aliphatic heterocycles. The van der Waals surface area contributed by atoms with E-state index in [0.717, 1.165) is 24.3 Å². The van der Waals surface area contributed by atoms with E-state index >= 15 is 0 Å². The van der Waals surface area contributed by atoms with Gasteiger partial charge in [0, 0.05) is 25.3 Å². The Bertz CT molecular complexity index is 1280. The van der Waals surface area contributed by atoms with Crippen LogP contribution >= 0.6 is 0 Å². The van der Waals surface area contributed by atoms with Crippen molar-refractivity contribution in [3.8, 4) is 0 Å². The van der Waals surface area contributed by atoms with Gasteiger partial charge in [-0.05, 0) is 37.6 Å². The molecule has 1 aliphatic rings. The molecule has 2 aromatic heterocycles. The van der Waals surface area contributed by atoms with Crippen LogP contribution in [0.1, 0.15) is 31.9 Å². The van der Waals surface area contributed by atoms with Gasteiger partial charge in [-0.15, -0.1) is 0 Å². The number of para-hydroxylation sites is 1. The number of carbonyl (C=O) groups excluding carboxylic acids is 2. The van der Waals surface area contributed by atoms with E-state index in [4.69, 9.17) is 9.47 Å². The lowest BCUT2D eigenvalue weighted by Crippen LogP contribution is -2.44. The largest absolute Gasteiger partial charge is 0.469 e. The second kappa shape index (κ2) is 11.3. The van der Waals surface area contributed by atoms with Crippen molar-refractivity contribution < 1.29 is 19.1 Å². The second-order valence-corrected chi connectivity index (χ2v) is 8.96. The highest BCUT2D eigenvalue weighted by Crippen LogP contribution is 2.30. The van der Waals surface area contributed by atoms with Crippen molar-refractivity contribution >= 4 is 28.5 Å². The van der Waals surface area contributed by atoms with Gasteiger partial charge in [-0.3, -0.25) is 23.9 Å². The highest BCUT2D eigenvalue weighted by molar-refractivity contribution is 5.80. The number of pyridine rings is 1. The number of morpholine rings is 1. The van der Waals surface area contributed by atoms with Gasteiger partial charge in [0.05, 0.1) is 61.9 Å². The molecule has 1 fully saturated rings. The molecule has 3 aromatic rings. The van der Waals surface area contributed by atoms with Crippen LogP contribution in [0, 0.1) is 0 Å². The number of nitrogens with zero attached hydrogens (tertiary/aromatic N) is 5. The fourth-order valence-electron chi connectivity index (χ4n) is 4.51. The van der Waals surface area contributed by atoms with Gasteiger partial charge in [-0.1, -0.05) is 12.1 Å². The first-order valence-electron chi connectivity index (χ1n) is 12.0. The van der Waals surface area contributed by atoms with E-state index in [1.54, 1.807) is 41.6 Å². The molecule has 1 atom stereocenters. The molecular weight excluding hydrogens is 462 g/mol. The summed E-state index contributed by atoms with van der Waals surface area (Å²) < 4.78 is 11.7. The number of anilines is 1. The average Bonchev–Trinajstić information content (AvgIpc) is 2.90. The van der Waals surface area contributed by atoms with E-state index in [1.165, 1.54) is 18.0 Å². The van der Waals surface area contributed by atoms with Gasteiger partial charge in [0.2, 0.25) is 5.91 Å². The Hall–Kier alpha value is -3.79. The molecule has 0 N–H and O–H groups in total. The topological polar surface area (TPSA) is 107 Å².